The molecule has 0 aliphatic carbocycles. The van der Waals surface area contributed by atoms with Gasteiger partial charge in [-0.05, 0) is 22.9 Å². The van der Waals surface area contributed by atoms with E-state index in [0.29, 0.717) is 10.3 Å². The normalized spacial score (nSPS) is 12.5. The van der Waals surface area contributed by atoms with Gasteiger partial charge in [-0.1, -0.05) is 0 Å². The number of hydrogen-bond donors (Lipinski definition) is 2. The number of amides is 1. The van der Waals surface area contributed by atoms with E-state index in [4.69, 9.17) is 5.73 Å². The summed E-state index contributed by atoms with van der Waals surface area (Å²) in [6.07, 6.45) is 1.68. The average Bonchev–Trinajstić information content (AvgIpc) is 2.44. The van der Waals surface area contributed by atoms with Crippen LogP contribution in [0.15, 0.2) is 10.7 Å². The van der Waals surface area contributed by atoms with Gasteiger partial charge in [-0.25, -0.2) is 0 Å². The van der Waals surface area contributed by atoms with Crippen molar-refractivity contribution >= 4 is 27.7 Å². The van der Waals surface area contributed by atoms with Crippen LogP contribution >= 0.6 is 15.9 Å². The summed E-state index contributed by atoms with van der Waals surface area (Å²) in [6, 6.07) is -0.349. The molecule has 1 amide bonds. The summed E-state index contributed by atoms with van der Waals surface area (Å²) in [5, 5.41) is 6.50. The highest BCUT2D eigenvalue weighted by molar-refractivity contribution is 9.10. The number of halogens is 1. The van der Waals surface area contributed by atoms with E-state index in [1.54, 1.807) is 20.2 Å². The van der Waals surface area contributed by atoms with Crippen molar-refractivity contribution in [3.8, 4) is 0 Å². The highest BCUT2D eigenvalue weighted by Crippen LogP contribution is 2.18. The van der Waals surface area contributed by atoms with Gasteiger partial charge in [-0.2, -0.15) is 5.10 Å². The fourth-order valence-electron chi connectivity index (χ4n) is 0.911. The SMILES string of the molecule is CNC(=O)C(C)n1cc(Br)c(N)n1. The Bertz CT molecular complexity index is 303. The molecule has 5 nitrogen and oxygen atoms in total. The summed E-state index contributed by atoms with van der Waals surface area (Å²) in [4.78, 5) is 11.2. The first-order valence-corrected chi connectivity index (χ1v) is 4.57. The summed E-state index contributed by atoms with van der Waals surface area (Å²) in [5.41, 5.74) is 5.51. The molecule has 0 spiro atoms. The van der Waals surface area contributed by atoms with Crippen LogP contribution < -0.4 is 11.1 Å². The summed E-state index contributed by atoms with van der Waals surface area (Å²) in [6.45, 7) is 1.75. The lowest BCUT2D eigenvalue weighted by Crippen LogP contribution is -2.28. The number of anilines is 1. The smallest absolute Gasteiger partial charge is 0.244 e. The predicted molar refractivity (Wildman–Crippen MR) is 53.1 cm³/mol. The van der Waals surface area contributed by atoms with Crippen LogP contribution in [0.2, 0.25) is 0 Å². The van der Waals surface area contributed by atoms with E-state index in [-0.39, 0.29) is 11.9 Å². The van der Waals surface area contributed by atoms with E-state index < -0.39 is 0 Å². The Hall–Kier alpha value is -1.04. The Morgan fingerprint density at radius 1 is 1.85 bits per heavy atom. The minimum atomic E-state index is -0.349. The second-order valence-corrected chi connectivity index (χ2v) is 3.49. The number of nitrogens with two attached hydrogens (primary N) is 1. The molecule has 1 unspecified atom stereocenters. The van der Waals surface area contributed by atoms with Crippen LogP contribution in [0.1, 0.15) is 13.0 Å². The third-order valence-corrected chi connectivity index (χ3v) is 2.35. The van der Waals surface area contributed by atoms with E-state index in [1.165, 1.54) is 4.68 Å². The number of aromatic nitrogens is 2. The molecule has 1 aromatic rings. The Balaban J connectivity index is 2.89. The molecule has 72 valence electrons. The van der Waals surface area contributed by atoms with Gasteiger partial charge in [0.25, 0.3) is 0 Å². The Labute approximate surface area is 84.4 Å². The molecule has 0 bridgehead atoms. The Kier molecular flexibility index (Phi) is 2.92. The molecule has 6 heteroatoms. The van der Waals surface area contributed by atoms with Crippen molar-refractivity contribution in [2.24, 2.45) is 0 Å². The van der Waals surface area contributed by atoms with Crippen molar-refractivity contribution in [3.05, 3.63) is 10.7 Å². The van der Waals surface area contributed by atoms with Crippen LogP contribution in [-0.2, 0) is 4.79 Å². The number of nitrogen functional groups attached to an aromatic ring is 1. The van der Waals surface area contributed by atoms with Gasteiger partial charge in [0.2, 0.25) is 5.91 Å². The minimum Gasteiger partial charge on any atom is -0.381 e. The molecule has 1 heterocycles. The quantitative estimate of drug-likeness (QED) is 0.800. The number of carbonyl (C=O) groups is 1. The van der Waals surface area contributed by atoms with Crippen molar-refractivity contribution in [2.45, 2.75) is 13.0 Å². The van der Waals surface area contributed by atoms with Gasteiger partial charge < -0.3 is 11.1 Å². The lowest BCUT2D eigenvalue weighted by molar-refractivity contribution is -0.123. The molecule has 1 atom stereocenters. The van der Waals surface area contributed by atoms with Gasteiger partial charge in [0, 0.05) is 13.2 Å². The van der Waals surface area contributed by atoms with E-state index in [2.05, 4.69) is 26.3 Å². The molecule has 0 saturated heterocycles. The highest BCUT2D eigenvalue weighted by atomic mass is 79.9. The second kappa shape index (κ2) is 3.78. The van der Waals surface area contributed by atoms with Gasteiger partial charge in [0.1, 0.15) is 6.04 Å². The summed E-state index contributed by atoms with van der Waals surface area (Å²) in [5.74, 6) is 0.283. The number of nitrogens with zero attached hydrogens (tertiary/aromatic N) is 2. The Morgan fingerprint density at radius 3 is 2.85 bits per heavy atom. The maximum absolute atomic E-state index is 11.2. The van der Waals surface area contributed by atoms with Crippen LogP contribution in [0.4, 0.5) is 5.82 Å². The lowest BCUT2D eigenvalue weighted by Gasteiger charge is -2.09. The predicted octanol–water partition coefficient (Wildman–Crippen LogP) is 0.535. The number of nitrogens with one attached hydrogen (secondary N) is 1. The molecule has 0 fully saturated rings. The molecule has 0 aliphatic rings. The fraction of sp³-hybridized carbons (Fsp3) is 0.429. The summed E-state index contributed by atoms with van der Waals surface area (Å²) >= 11 is 3.22. The van der Waals surface area contributed by atoms with Crippen LogP contribution in [0, 0.1) is 0 Å². The molecule has 0 aliphatic heterocycles. The summed E-state index contributed by atoms with van der Waals surface area (Å²) < 4.78 is 2.21. The van der Waals surface area contributed by atoms with Crippen molar-refractivity contribution in [2.75, 3.05) is 12.8 Å². The van der Waals surface area contributed by atoms with Gasteiger partial charge in [-0.15, -0.1) is 0 Å². The highest BCUT2D eigenvalue weighted by Gasteiger charge is 2.15. The van der Waals surface area contributed by atoms with Crippen LogP contribution in [0.3, 0.4) is 0 Å². The molecule has 0 saturated carbocycles. The number of carbonyl (C=O) groups excluding carboxylic acids is 1. The molecule has 0 radical (unpaired) electrons. The molecular weight excluding hydrogens is 236 g/mol. The van der Waals surface area contributed by atoms with Crippen LogP contribution in [0.5, 0.6) is 0 Å². The topological polar surface area (TPSA) is 72.9 Å². The maximum Gasteiger partial charge on any atom is 0.244 e. The van der Waals surface area contributed by atoms with Crippen molar-refractivity contribution in [3.63, 3.8) is 0 Å². The van der Waals surface area contributed by atoms with E-state index >= 15 is 0 Å². The molecule has 1 rings (SSSR count). The second-order valence-electron chi connectivity index (χ2n) is 2.63. The average molecular weight is 247 g/mol. The zero-order valence-electron chi connectivity index (χ0n) is 7.41. The van der Waals surface area contributed by atoms with Crippen molar-refractivity contribution in [1.29, 1.82) is 0 Å². The first-order valence-electron chi connectivity index (χ1n) is 3.78. The summed E-state index contributed by atoms with van der Waals surface area (Å²) in [7, 11) is 1.58. The van der Waals surface area contributed by atoms with Crippen molar-refractivity contribution in [1.82, 2.24) is 15.1 Å². The standard InChI is InChI=1S/C7H11BrN4O/c1-4(7(13)10-2)12-3-5(8)6(9)11-12/h3-4H,1-2H3,(H2,9,11)(H,10,13). The van der Waals surface area contributed by atoms with E-state index in [9.17, 15) is 4.79 Å². The molecule has 0 aromatic carbocycles. The third kappa shape index (κ3) is 2.00. The van der Waals surface area contributed by atoms with Gasteiger partial charge in [0.05, 0.1) is 4.47 Å². The van der Waals surface area contributed by atoms with Gasteiger partial charge in [-0.3, -0.25) is 9.48 Å². The molecule has 13 heavy (non-hydrogen) atoms. The molecule has 1 aromatic heterocycles. The minimum absolute atomic E-state index is 0.102. The molecule has 3 N–H and O–H groups in total. The third-order valence-electron chi connectivity index (χ3n) is 1.74. The zero-order chi connectivity index (χ0) is 10.0. The zero-order valence-corrected chi connectivity index (χ0v) is 9.00. The molecular formula is C7H11BrN4O. The van der Waals surface area contributed by atoms with E-state index in [0.717, 1.165) is 0 Å². The van der Waals surface area contributed by atoms with Gasteiger partial charge >= 0.3 is 0 Å². The number of likely N-dealkylation sites (N-methyl/N-ethyl adjacent to an activating group) is 1. The first-order chi connectivity index (χ1) is 6.06. The maximum atomic E-state index is 11.2. The van der Waals surface area contributed by atoms with E-state index in [1.807, 2.05) is 0 Å². The lowest BCUT2D eigenvalue weighted by atomic mass is 10.3. The van der Waals surface area contributed by atoms with Crippen LogP contribution in [0.25, 0.3) is 0 Å². The Morgan fingerprint density at radius 2 is 2.46 bits per heavy atom. The first kappa shape index (κ1) is 10.0. The van der Waals surface area contributed by atoms with Gasteiger partial charge in [0.15, 0.2) is 5.82 Å². The largest absolute Gasteiger partial charge is 0.381 e. The number of hydrogen-bond acceptors (Lipinski definition) is 3. The van der Waals surface area contributed by atoms with Crippen molar-refractivity contribution < 1.29 is 4.79 Å². The number of rotatable bonds is 2. The van der Waals surface area contributed by atoms with Crippen LogP contribution in [-0.4, -0.2) is 22.7 Å². The monoisotopic (exact) mass is 246 g/mol. The fourth-order valence-corrected chi connectivity index (χ4v) is 1.20.